The number of nitrogens with one attached hydrogen (secondary N) is 2. The Labute approximate surface area is 202 Å². The Morgan fingerprint density at radius 3 is 2.34 bits per heavy atom. The molecule has 9 nitrogen and oxygen atoms in total. The molecule has 0 radical (unpaired) electrons. The summed E-state index contributed by atoms with van der Waals surface area (Å²) in [7, 11) is -7.53. The number of carboxylic acid groups (broad SMARTS) is 1. The molecule has 3 aromatic rings. The number of anilines is 1. The molecule has 1 amide bonds. The molecule has 0 saturated carbocycles. The van der Waals surface area contributed by atoms with Crippen LogP contribution < -0.4 is 5.32 Å². The number of aromatic amines is 1. The quantitative estimate of drug-likeness (QED) is 0.410. The first-order valence-electron chi connectivity index (χ1n) is 10.5. The van der Waals surface area contributed by atoms with Crippen LogP contribution in [0.15, 0.2) is 63.2 Å². The van der Waals surface area contributed by atoms with Gasteiger partial charge in [0.05, 0.1) is 20.3 Å². The van der Waals surface area contributed by atoms with E-state index in [4.69, 9.17) is 0 Å². The normalized spacial score (nSPS) is 14.7. The summed E-state index contributed by atoms with van der Waals surface area (Å²) in [6.45, 7) is 1.56. The van der Waals surface area contributed by atoms with Crippen molar-refractivity contribution in [2.24, 2.45) is 0 Å². The second-order valence-corrected chi connectivity index (χ2v) is 12.1. The first kappa shape index (κ1) is 24.4. The van der Waals surface area contributed by atoms with Gasteiger partial charge in [0.1, 0.15) is 0 Å². The molecule has 1 aromatic heterocycles. The predicted octanol–water partition coefficient (Wildman–Crippen LogP) is 3.07. The maximum atomic E-state index is 13.5. The van der Waals surface area contributed by atoms with E-state index in [0.29, 0.717) is 16.9 Å². The summed E-state index contributed by atoms with van der Waals surface area (Å²) in [5.41, 5.74) is 1.70. The van der Waals surface area contributed by atoms with Crippen molar-refractivity contribution >= 4 is 48.9 Å². The predicted molar refractivity (Wildman–Crippen MR) is 129 cm³/mol. The number of carbonyl (C=O) groups excluding carboxylic acids is 1. The summed E-state index contributed by atoms with van der Waals surface area (Å²) < 4.78 is 51.0. The average molecular weight is 515 g/mol. The lowest BCUT2D eigenvalue weighted by Crippen LogP contribution is -2.08. The van der Waals surface area contributed by atoms with Crippen LogP contribution in [-0.2, 0) is 35.7 Å². The SMILES string of the molecule is Cc1[nH]c(C=C2C(=O)Nc3ccc(S(C)(=O)=O)cc32)c(CCC(=O)O)c1S(=O)(=O)c1ccccc1. The molecule has 0 bridgehead atoms. The van der Waals surface area contributed by atoms with Crippen LogP contribution in [0.5, 0.6) is 0 Å². The molecule has 2 heterocycles. The number of fused-ring (bicyclic) bond motifs is 1. The molecule has 0 atom stereocenters. The number of benzene rings is 2. The van der Waals surface area contributed by atoms with Crippen LogP contribution in [0.1, 0.15) is 28.9 Å². The zero-order valence-corrected chi connectivity index (χ0v) is 20.5. The first-order valence-corrected chi connectivity index (χ1v) is 13.9. The third kappa shape index (κ3) is 4.64. The minimum absolute atomic E-state index is 0.0276. The Morgan fingerprint density at radius 1 is 1.03 bits per heavy atom. The lowest BCUT2D eigenvalue weighted by molar-refractivity contribution is -0.137. The van der Waals surface area contributed by atoms with Gasteiger partial charge >= 0.3 is 5.97 Å². The molecule has 2 aromatic carbocycles. The number of sulfone groups is 2. The van der Waals surface area contributed by atoms with Crippen LogP contribution in [0.4, 0.5) is 5.69 Å². The summed E-state index contributed by atoms with van der Waals surface area (Å²) in [4.78, 5) is 27.1. The molecule has 0 spiro atoms. The van der Waals surface area contributed by atoms with Crippen molar-refractivity contribution in [2.45, 2.75) is 34.5 Å². The van der Waals surface area contributed by atoms with E-state index in [2.05, 4.69) is 10.3 Å². The summed E-state index contributed by atoms with van der Waals surface area (Å²) >= 11 is 0. The monoisotopic (exact) mass is 514 g/mol. The topological polar surface area (TPSA) is 150 Å². The highest BCUT2D eigenvalue weighted by atomic mass is 32.2. The number of hydrogen-bond acceptors (Lipinski definition) is 6. The third-order valence-corrected chi connectivity index (χ3v) is 8.76. The van der Waals surface area contributed by atoms with Gasteiger partial charge in [-0.05, 0) is 55.3 Å². The first-order chi connectivity index (χ1) is 16.4. The Balaban J connectivity index is 1.92. The van der Waals surface area contributed by atoms with Gasteiger partial charge in [0.25, 0.3) is 5.91 Å². The minimum atomic E-state index is -3.99. The fourth-order valence-electron chi connectivity index (χ4n) is 4.05. The fraction of sp³-hybridized carbons (Fsp3) is 0.167. The standard InChI is InChI=1S/C24H22N2O7S2/c1-14-23(35(32,33)15-6-4-3-5-7-15)17(9-11-22(27)28)21(25-14)13-19-18-12-16(34(2,30)31)8-10-20(18)26-24(19)29/h3-8,10,12-13,25H,9,11H2,1-2H3,(H,26,29)(H,27,28). The van der Waals surface area contributed by atoms with E-state index < -0.39 is 31.6 Å². The largest absolute Gasteiger partial charge is 0.481 e. The van der Waals surface area contributed by atoms with Gasteiger partial charge in [-0.15, -0.1) is 0 Å². The highest BCUT2D eigenvalue weighted by molar-refractivity contribution is 7.91. The van der Waals surface area contributed by atoms with Crippen LogP contribution in [0, 0.1) is 6.92 Å². The molecule has 35 heavy (non-hydrogen) atoms. The lowest BCUT2D eigenvalue weighted by atomic mass is 10.0. The van der Waals surface area contributed by atoms with E-state index in [1.54, 1.807) is 25.1 Å². The second-order valence-electron chi connectivity index (χ2n) is 8.17. The van der Waals surface area contributed by atoms with Gasteiger partial charge in [-0.3, -0.25) is 9.59 Å². The number of aliphatic carboxylic acids is 1. The summed E-state index contributed by atoms with van der Waals surface area (Å²) in [5.74, 6) is -1.60. The van der Waals surface area contributed by atoms with Crippen LogP contribution in [0.3, 0.4) is 0 Å². The molecule has 1 aliphatic heterocycles. The Hall–Kier alpha value is -3.70. The number of amides is 1. The molecule has 0 saturated heterocycles. The van der Waals surface area contributed by atoms with Gasteiger partial charge in [-0.2, -0.15) is 0 Å². The number of carbonyl (C=O) groups is 2. The van der Waals surface area contributed by atoms with Crippen molar-refractivity contribution in [3.05, 3.63) is 71.0 Å². The highest BCUT2D eigenvalue weighted by Gasteiger charge is 2.30. The van der Waals surface area contributed by atoms with Crippen molar-refractivity contribution in [1.82, 2.24) is 4.98 Å². The molecule has 182 valence electrons. The Morgan fingerprint density at radius 2 is 1.71 bits per heavy atom. The number of carboxylic acids is 1. The van der Waals surface area contributed by atoms with Crippen molar-refractivity contribution in [3.8, 4) is 0 Å². The van der Waals surface area contributed by atoms with Gasteiger partial charge in [0.2, 0.25) is 9.84 Å². The molecular formula is C24H22N2O7S2. The van der Waals surface area contributed by atoms with Crippen molar-refractivity contribution in [1.29, 1.82) is 0 Å². The summed E-state index contributed by atoms with van der Waals surface area (Å²) in [6.07, 6.45) is 2.06. The van der Waals surface area contributed by atoms with Crippen LogP contribution in [-0.4, -0.2) is 45.1 Å². The summed E-state index contributed by atoms with van der Waals surface area (Å²) in [5, 5.41) is 11.9. The van der Waals surface area contributed by atoms with Crippen molar-refractivity contribution < 1.29 is 31.5 Å². The Bertz CT molecular complexity index is 1600. The van der Waals surface area contributed by atoms with Gasteiger partial charge < -0.3 is 15.4 Å². The molecule has 0 unspecified atom stereocenters. The summed E-state index contributed by atoms with van der Waals surface area (Å²) in [6, 6.07) is 12.0. The van der Waals surface area contributed by atoms with E-state index in [1.807, 2.05) is 0 Å². The third-order valence-electron chi connectivity index (χ3n) is 5.66. The molecular weight excluding hydrogens is 492 g/mol. The maximum absolute atomic E-state index is 13.5. The average Bonchev–Trinajstić information content (AvgIpc) is 3.27. The van der Waals surface area contributed by atoms with Crippen molar-refractivity contribution in [2.75, 3.05) is 11.6 Å². The van der Waals surface area contributed by atoms with E-state index in [1.165, 1.54) is 36.4 Å². The Kier molecular flexibility index (Phi) is 6.16. The molecule has 1 aliphatic rings. The number of rotatable bonds is 7. The second kappa shape index (κ2) is 8.82. The smallest absolute Gasteiger partial charge is 0.303 e. The number of aryl methyl sites for hydroxylation is 1. The lowest BCUT2D eigenvalue weighted by Gasteiger charge is -2.08. The fourth-order valence-corrected chi connectivity index (χ4v) is 6.44. The van der Waals surface area contributed by atoms with Crippen LogP contribution in [0.2, 0.25) is 0 Å². The van der Waals surface area contributed by atoms with Gasteiger partial charge in [-0.25, -0.2) is 16.8 Å². The molecule has 11 heteroatoms. The van der Waals surface area contributed by atoms with Crippen LogP contribution in [0.25, 0.3) is 11.6 Å². The molecule has 0 aliphatic carbocycles. The van der Waals surface area contributed by atoms with Gasteiger partial charge in [-0.1, -0.05) is 18.2 Å². The molecule has 3 N–H and O–H groups in total. The highest BCUT2D eigenvalue weighted by Crippen LogP contribution is 2.37. The number of hydrogen-bond donors (Lipinski definition) is 3. The molecule has 0 fully saturated rings. The van der Waals surface area contributed by atoms with Gasteiger partial charge in [0.15, 0.2) is 9.84 Å². The zero-order valence-electron chi connectivity index (χ0n) is 18.8. The maximum Gasteiger partial charge on any atom is 0.303 e. The van der Waals surface area contributed by atoms with E-state index in [-0.39, 0.29) is 44.4 Å². The zero-order chi connectivity index (χ0) is 25.5. The van der Waals surface area contributed by atoms with Crippen LogP contribution >= 0.6 is 0 Å². The van der Waals surface area contributed by atoms with E-state index in [0.717, 1.165) is 6.26 Å². The minimum Gasteiger partial charge on any atom is -0.481 e. The van der Waals surface area contributed by atoms with E-state index in [9.17, 15) is 31.5 Å². The molecule has 4 rings (SSSR count). The van der Waals surface area contributed by atoms with Gasteiger partial charge in [0, 0.05) is 35.3 Å². The van der Waals surface area contributed by atoms with E-state index >= 15 is 0 Å². The van der Waals surface area contributed by atoms with Crippen molar-refractivity contribution in [3.63, 3.8) is 0 Å². The number of H-pyrrole nitrogens is 1. The number of aromatic nitrogens is 1.